The van der Waals surface area contributed by atoms with Crippen LogP contribution in [0.1, 0.15) is 56.2 Å². The van der Waals surface area contributed by atoms with Crippen molar-refractivity contribution in [2.45, 2.75) is 63.9 Å². The number of aliphatic hydroxyl groups excluding tert-OH is 2. The molecule has 0 aliphatic carbocycles. The van der Waals surface area contributed by atoms with Gasteiger partial charge in [0, 0.05) is 12.1 Å². The smallest absolute Gasteiger partial charge is 0.350 e. The van der Waals surface area contributed by atoms with Gasteiger partial charge in [0.25, 0.3) is 0 Å². The minimum atomic E-state index is -3.84. The highest BCUT2D eigenvalue weighted by Crippen LogP contribution is 2.42. The summed E-state index contributed by atoms with van der Waals surface area (Å²) in [7, 11) is 0. The van der Waals surface area contributed by atoms with Crippen molar-refractivity contribution in [1.29, 1.82) is 0 Å². The maximum Gasteiger partial charge on any atom is 0.350 e. The number of nitrogens with two attached hydrogens (primary N) is 1. The Morgan fingerprint density at radius 1 is 1.41 bits per heavy atom. The van der Waals surface area contributed by atoms with Crippen LogP contribution in [0.3, 0.4) is 0 Å². The lowest BCUT2D eigenvalue weighted by molar-refractivity contribution is -0.140. The van der Waals surface area contributed by atoms with E-state index in [4.69, 9.17) is 15.6 Å². The number of Topliss-reactive ketones (excluding diaryl/α,β-unsaturated/α-hetero) is 1. The van der Waals surface area contributed by atoms with E-state index in [0.29, 0.717) is 17.4 Å². The summed E-state index contributed by atoms with van der Waals surface area (Å²) in [5.74, 6) is -4.59. The molecule has 152 valence electrons. The molecular formula is C17H25F2N3O5. The third-order valence-corrected chi connectivity index (χ3v) is 4.67. The van der Waals surface area contributed by atoms with Crippen LogP contribution in [0.5, 0.6) is 0 Å². The summed E-state index contributed by atoms with van der Waals surface area (Å²) in [6.45, 7) is 3.00. The number of anilines is 1. The first kappa shape index (κ1) is 21.4. The molecule has 0 spiro atoms. The Morgan fingerprint density at radius 3 is 2.48 bits per heavy atom. The van der Waals surface area contributed by atoms with Gasteiger partial charge in [-0.2, -0.15) is 13.8 Å². The summed E-state index contributed by atoms with van der Waals surface area (Å²) in [5.41, 5.74) is 4.21. The van der Waals surface area contributed by atoms with Crippen LogP contribution in [0.25, 0.3) is 0 Å². The summed E-state index contributed by atoms with van der Waals surface area (Å²) in [5, 5.41) is 18.6. The van der Waals surface area contributed by atoms with Crippen LogP contribution in [-0.4, -0.2) is 50.3 Å². The standard InChI is InChI=1S/C17H25F2N3O5/c1-3-5-9(6-4-2)13(24)12-10(20)7-22(16(26)21-12)15-17(18,19)14(25)11(8-23)27-15/h7,9,11,14-15,23,25H,3-6,8,20H2,1-2H3/t11-,14-,15-/m1/s1. The third-order valence-electron chi connectivity index (χ3n) is 4.67. The molecule has 0 radical (unpaired) electrons. The van der Waals surface area contributed by atoms with Crippen molar-refractivity contribution in [2.24, 2.45) is 5.92 Å². The molecule has 10 heteroatoms. The monoisotopic (exact) mass is 389 g/mol. The molecule has 1 aliphatic rings. The summed E-state index contributed by atoms with van der Waals surface area (Å²) in [6, 6.07) is 0. The zero-order valence-electron chi connectivity index (χ0n) is 15.3. The predicted octanol–water partition coefficient (Wildman–Crippen LogP) is 1.11. The number of aromatic nitrogens is 2. The number of carbonyl (C=O) groups is 1. The zero-order chi connectivity index (χ0) is 20.4. The number of aliphatic hydroxyl groups is 2. The molecule has 0 unspecified atom stereocenters. The quantitative estimate of drug-likeness (QED) is 0.568. The van der Waals surface area contributed by atoms with E-state index in [9.17, 15) is 23.5 Å². The number of nitrogen functional groups attached to an aromatic ring is 1. The zero-order valence-corrected chi connectivity index (χ0v) is 15.3. The Morgan fingerprint density at radius 2 is 2.00 bits per heavy atom. The van der Waals surface area contributed by atoms with E-state index in [1.165, 1.54) is 0 Å². The molecule has 27 heavy (non-hydrogen) atoms. The first-order valence-corrected chi connectivity index (χ1v) is 8.93. The first-order valence-electron chi connectivity index (χ1n) is 8.93. The van der Waals surface area contributed by atoms with Crippen LogP contribution in [0.15, 0.2) is 11.0 Å². The molecule has 1 fully saturated rings. The fraction of sp³-hybridized carbons (Fsp3) is 0.706. The van der Waals surface area contributed by atoms with Crippen LogP contribution in [0.4, 0.5) is 14.5 Å². The van der Waals surface area contributed by atoms with Gasteiger partial charge in [0.1, 0.15) is 11.8 Å². The molecule has 1 aromatic heterocycles. The van der Waals surface area contributed by atoms with Crippen LogP contribution >= 0.6 is 0 Å². The predicted molar refractivity (Wildman–Crippen MR) is 92.5 cm³/mol. The molecule has 2 heterocycles. The highest BCUT2D eigenvalue weighted by Gasteiger charge is 2.59. The Hall–Kier alpha value is -1.91. The summed E-state index contributed by atoms with van der Waals surface area (Å²) in [6.07, 6.45) is -2.43. The fourth-order valence-corrected chi connectivity index (χ4v) is 3.26. The molecule has 2 rings (SSSR count). The van der Waals surface area contributed by atoms with Crippen molar-refractivity contribution in [3.8, 4) is 0 Å². The van der Waals surface area contributed by atoms with Crippen LogP contribution in [0.2, 0.25) is 0 Å². The minimum absolute atomic E-state index is 0.224. The van der Waals surface area contributed by atoms with Crippen molar-refractivity contribution in [2.75, 3.05) is 12.3 Å². The summed E-state index contributed by atoms with van der Waals surface area (Å²) < 4.78 is 33.8. The number of ether oxygens (including phenoxy) is 1. The van der Waals surface area contributed by atoms with E-state index < -0.39 is 42.4 Å². The first-order chi connectivity index (χ1) is 12.7. The van der Waals surface area contributed by atoms with Gasteiger partial charge in [-0.05, 0) is 12.8 Å². The average Bonchev–Trinajstić information content (AvgIpc) is 2.85. The number of carbonyl (C=O) groups excluding carboxylic acids is 1. The van der Waals surface area contributed by atoms with Gasteiger partial charge in [-0.3, -0.25) is 9.36 Å². The third kappa shape index (κ3) is 4.02. The number of rotatable bonds is 8. The number of ketones is 1. The molecule has 8 nitrogen and oxygen atoms in total. The number of nitrogens with zero attached hydrogens (tertiary/aromatic N) is 2. The highest BCUT2D eigenvalue weighted by molar-refractivity contribution is 6.00. The number of hydrogen-bond donors (Lipinski definition) is 3. The lowest BCUT2D eigenvalue weighted by atomic mass is 9.91. The van der Waals surface area contributed by atoms with Crippen molar-refractivity contribution in [3.63, 3.8) is 0 Å². The number of hydrogen-bond acceptors (Lipinski definition) is 7. The van der Waals surface area contributed by atoms with Crippen molar-refractivity contribution in [1.82, 2.24) is 9.55 Å². The fourth-order valence-electron chi connectivity index (χ4n) is 3.26. The average molecular weight is 389 g/mol. The highest BCUT2D eigenvalue weighted by atomic mass is 19.3. The maximum absolute atomic E-state index is 14.2. The van der Waals surface area contributed by atoms with E-state index in [1.54, 1.807) is 0 Å². The molecule has 1 aliphatic heterocycles. The van der Waals surface area contributed by atoms with Gasteiger partial charge in [-0.1, -0.05) is 26.7 Å². The molecular weight excluding hydrogens is 364 g/mol. The van der Waals surface area contributed by atoms with E-state index in [2.05, 4.69) is 4.98 Å². The number of halogens is 2. The molecule has 1 saturated heterocycles. The maximum atomic E-state index is 14.2. The van der Waals surface area contributed by atoms with Gasteiger partial charge < -0.3 is 20.7 Å². The van der Waals surface area contributed by atoms with Crippen molar-refractivity contribution in [3.05, 3.63) is 22.4 Å². The molecule has 0 saturated carbocycles. The SMILES string of the molecule is CCCC(CCC)C(=O)c1nc(=O)n([C@@H]2O[C@H](CO)[C@@H](O)C2(F)F)cc1N. The van der Waals surface area contributed by atoms with E-state index in [-0.39, 0.29) is 17.3 Å². The van der Waals surface area contributed by atoms with E-state index >= 15 is 0 Å². The molecule has 0 amide bonds. The minimum Gasteiger partial charge on any atom is -0.396 e. The molecule has 1 aromatic rings. The topological polar surface area (TPSA) is 128 Å². The van der Waals surface area contributed by atoms with Gasteiger partial charge in [0.2, 0.25) is 6.23 Å². The Bertz CT molecular complexity index is 734. The molecule has 0 aromatic carbocycles. The van der Waals surface area contributed by atoms with Gasteiger partial charge >= 0.3 is 11.6 Å². The number of alkyl halides is 2. The molecule has 3 atom stereocenters. The lowest BCUT2D eigenvalue weighted by Crippen LogP contribution is -2.42. The van der Waals surface area contributed by atoms with Gasteiger partial charge in [0.05, 0.1) is 12.3 Å². The van der Waals surface area contributed by atoms with Gasteiger partial charge in [-0.15, -0.1) is 0 Å². The van der Waals surface area contributed by atoms with Gasteiger partial charge in [-0.25, -0.2) is 4.79 Å². The lowest BCUT2D eigenvalue weighted by Gasteiger charge is -2.22. The van der Waals surface area contributed by atoms with Gasteiger partial charge in [0.15, 0.2) is 11.9 Å². The Labute approximate surface area is 155 Å². The largest absolute Gasteiger partial charge is 0.396 e. The second-order valence-corrected chi connectivity index (χ2v) is 6.70. The van der Waals surface area contributed by atoms with Crippen molar-refractivity contribution >= 4 is 11.5 Å². The van der Waals surface area contributed by atoms with E-state index in [1.807, 2.05) is 13.8 Å². The second-order valence-electron chi connectivity index (χ2n) is 6.70. The molecule has 0 bridgehead atoms. The van der Waals surface area contributed by atoms with Crippen LogP contribution in [0, 0.1) is 5.92 Å². The summed E-state index contributed by atoms with van der Waals surface area (Å²) >= 11 is 0. The Balaban J connectivity index is 2.40. The normalized spacial score (nSPS) is 24.5. The van der Waals surface area contributed by atoms with E-state index in [0.717, 1.165) is 19.0 Å². The Kier molecular flexibility index (Phi) is 6.66. The molecule has 4 N–H and O–H groups in total. The van der Waals surface area contributed by atoms with Crippen molar-refractivity contribution < 1.29 is 28.5 Å². The summed E-state index contributed by atoms with van der Waals surface area (Å²) in [4.78, 5) is 28.6. The second kappa shape index (κ2) is 8.41. The van der Waals surface area contributed by atoms with Crippen LogP contribution < -0.4 is 11.4 Å². The van der Waals surface area contributed by atoms with Crippen LogP contribution in [-0.2, 0) is 4.74 Å².